The van der Waals surface area contributed by atoms with E-state index in [1.54, 1.807) is 5.51 Å². The summed E-state index contributed by atoms with van der Waals surface area (Å²) in [6.07, 6.45) is 1.93. The van der Waals surface area contributed by atoms with Gasteiger partial charge in [0.2, 0.25) is 5.78 Å². The number of carbonyl (C=O) groups is 1. The van der Waals surface area contributed by atoms with Crippen molar-refractivity contribution in [2.75, 3.05) is 6.26 Å². The largest absolute Gasteiger partial charge is 0.288 e. The summed E-state index contributed by atoms with van der Waals surface area (Å²) in [6, 6.07) is 7.63. The van der Waals surface area contributed by atoms with Gasteiger partial charge in [-0.15, -0.1) is 23.1 Å². The minimum absolute atomic E-state index is 0.0619. The van der Waals surface area contributed by atoms with Crippen molar-refractivity contribution < 1.29 is 4.79 Å². The topological polar surface area (TPSA) is 30.0 Å². The number of hydrogen-bond donors (Lipinski definition) is 0. The number of rotatable bonds is 3. The molecule has 2 nitrogen and oxygen atoms in total. The van der Waals surface area contributed by atoms with Crippen LogP contribution in [0.25, 0.3) is 0 Å². The van der Waals surface area contributed by atoms with E-state index in [4.69, 9.17) is 0 Å². The minimum Gasteiger partial charge on any atom is -0.288 e. The van der Waals surface area contributed by atoms with Crippen LogP contribution in [-0.4, -0.2) is 17.0 Å². The van der Waals surface area contributed by atoms with Gasteiger partial charge in [-0.3, -0.25) is 4.79 Å². The Morgan fingerprint density at radius 3 is 2.62 bits per heavy atom. The van der Waals surface area contributed by atoms with Gasteiger partial charge in [0.15, 0.2) is 0 Å². The van der Waals surface area contributed by atoms with Crippen LogP contribution in [0.2, 0.25) is 0 Å². The normalized spacial score (nSPS) is 10.4. The van der Waals surface area contributed by atoms with Crippen molar-refractivity contribution in [3.8, 4) is 0 Å². The molecule has 0 fully saturated rings. The summed E-state index contributed by atoms with van der Waals surface area (Å²) in [6.45, 7) is 2.01. The lowest BCUT2D eigenvalue weighted by Gasteiger charge is -2.00. The Morgan fingerprint density at radius 2 is 2.00 bits per heavy atom. The molecule has 0 aliphatic heterocycles. The number of nitrogens with zero attached hydrogens (tertiary/aromatic N) is 1. The summed E-state index contributed by atoms with van der Waals surface area (Å²) < 4.78 is 0. The fourth-order valence-electron chi connectivity index (χ4n) is 1.37. The van der Waals surface area contributed by atoms with Crippen molar-refractivity contribution in [3.05, 3.63) is 45.8 Å². The van der Waals surface area contributed by atoms with Crippen LogP contribution in [0.15, 0.2) is 34.8 Å². The standard InChI is InChI=1S/C12H11NOS2/c1-8-3-5-9(6-4-8)10(14)11-12(15-2)13-7-16-11/h3-7H,1-2H3. The van der Waals surface area contributed by atoms with Gasteiger partial charge in [-0.05, 0) is 13.2 Å². The van der Waals surface area contributed by atoms with E-state index in [-0.39, 0.29) is 5.78 Å². The summed E-state index contributed by atoms with van der Waals surface area (Å²) >= 11 is 2.91. The Labute approximate surface area is 103 Å². The first kappa shape index (κ1) is 11.4. The summed E-state index contributed by atoms with van der Waals surface area (Å²) in [5.74, 6) is 0.0619. The number of benzene rings is 1. The van der Waals surface area contributed by atoms with Crippen LogP contribution < -0.4 is 0 Å². The summed E-state index contributed by atoms with van der Waals surface area (Å²) in [5.41, 5.74) is 3.60. The van der Waals surface area contributed by atoms with Gasteiger partial charge in [0.25, 0.3) is 0 Å². The van der Waals surface area contributed by atoms with Crippen LogP contribution in [0.4, 0.5) is 0 Å². The number of thiazole rings is 1. The predicted octanol–water partition coefficient (Wildman–Crippen LogP) is 3.40. The zero-order chi connectivity index (χ0) is 11.5. The van der Waals surface area contributed by atoms with Gasteiger partial charge in [-0.25, -0.2) is 4.98 Å². The molecule has 0 saturated carbocycles. The number of thioether (sulfide) groups is 1. The number of aromatic nitrogens is 1. The molecule has 1 aromatic heterocycles. The molecular weight excluding hydrogens is 238 g/mol. The highest BCUT2D eigenvalue weighted by atomic mass is 32.2. The second-order valence-corrected chi connectivity index (χ2v) is 5.04. The zero-order valence-corrected chi connectivity index (χ0v) is 10.7. The van der Waals surface area contributed by atoms with Gasteiger partial charge < -0.3 is 0 Å². The molecule has 0 saturated heterocycles. The maximum absolute atomic E-state index is 12.2. The molecule has 0 aliphatic carbocycles. The van der Waals surface area contributed by atoms with Gasteiger partial charge in [-0.1, -0.05) is 29.8 Å². The first-order valence-corrected chi connectivity index (χ1v) is 6.91. The van der Waals surface area contributed by atoms with Crippen molar-refractivity contribution in [1.29, 1.82) is 0 Å². The smallest absolute Gasteiger partial charge is 0.205 e. The van der Waals surface area contributed by atoms with E-state index < -0.39 is 0 Å². The van der Waals surface area contributed by atoms with E-state index in [1.165, 1.54) is 23.1 Å². The number of hydrogen-bond acceptors (Lipinski definition) is 4. The van der Waals surface area contributed by atoms with Gasteiger partial charge in [0.1, 0.15) is 9.90 Å². The molecule has 0 unspecified atom stereocenters. The van der Waals surface area contributed by atoms with Crippen molar-refractivity contribution >= 4 is 28.9 Å². The predicted molar refractivity (Wildman–Crippen MR) is 68.5 cm³/mol. The second kappa shape index (κ2) is 4.80. The molecule has 16 heavy (non-hydrogen) atoms. The molecule has 0 radical (unpaired) electrons. The molecule has 1 heterocycles. The molecule has 0 amide bonds. The highest BCUT2D eigenvalue weighted by molar-refractivity contribution is 7.98. The number of ketones is 1. The third-order valence-electron chi connectivity index (χ3n) is 2.25. The Bertz CT molecular complexity index is 502. The van der Waals surface area contributed by atoms with Crippen LogP contribution in [0.3, 0.4) is 0 Å². The van der Waals surface area contributed by atoms with Crippen LogP contribution in [0.1, 0.15) is 20.8 Å². The van der Waals surface area contributed by atoms with E-state index in [0.29, 0.717) is 0 Å². The highest BCUT2D eigenvalue weighted by Crippen LogP contribution is 2.25. The minimum atomic E-state index is 0.0619. The van der Waals surface area contributed by atoms with Crippen molar-refractivity contribution in [2.45, 2.75) is 11.9 Å². The molecule has 0 aliphatic rings. The average Bonchev–Trinajstić information content (AvgIpc) is 2.77. The summed E-state index contributed by atoms with van der Waals surface area (Å²) in [5, 5.41) is 0.815. The van der Waals surface area contributed by atoms with Crippen LogP contribution in [-0.2, 0) is 0 Å². The Morgan fingerprint density at radius 1 is 1.31 bits per heavy atom. The lowest BCUT2D eigenvalue weighted by atomic mass is 10.1. The van der Waals surface area contributed by atoms with Crippen LogP contribution >= 0.6 is 23.1 Å². The lowest BCUT2D eigenvalue weighted by molar-refractivity contribution is 0.103. The molecule has 82 valence electrons. The Balaban J connectivity index is 2.35. The van der Waals surface area contributed by atoms with Crippen molar-refractivity contribution in [1.82, 2.24) is 4.98 Å². The Kier molecular flexibility index (Phi) is 3.41. The molecule has 1 aromatic carbocycles. The van der Waals surface area contributed by atoms with Crippen molar-refractivity contribution in [3.63, 3.8) is 0 Å². The lowest BCUT2D eigenvalue weighted by Crippen LogP contribution is -2.00. The van der Waals surface area contributed by atoms with Crippen molar-refractivity contribution in [2.24, 2.45) is 0 Å². The van der Waals surface area contributed by atoms with Gasteiger partial charge in [-0.2, -0.15) is 0 Å². The fourth-order valence-corrected chi connectivity index (χ4v) is 2.91. The van der Waals surface area contributed by atoms with E-state index in [2.05, 4.69) is 4.98 Å². The quantitative estimate of drug-likeness (QED) is 0.617. The number of carbonyl (C=O) groups excluding carboxylic acids is 1. The molecule has 0 atom stereocenters. The van der Waals surface area contributed by atoms with Crippen LogP contribution in [0.5, 0.6) is 0 Å². The first-order valence-electron chi connectivity index (χ1n) is 4.81. The molecule has 0 N–H and O–H groups in total. The van der Waals surface area contributed by atoms with Gasteiger partial charge in [0.05, 0.1) is 5.51 Å². The molecule has 2 aromatic rings. The van der Waals surface area contributed by atoms with Crippen LogP contribution in [0, 0.1) is 6.92 Å². The molecule has 0 spiro atoms. The Hall–Kier alpha value is -1.13. The zero-order valence-electron chi connectivity index (χ0n) is 9.06. The third kappa shape index (κ3) is 2.18. The van der Waals surface area contributed by atoms with E-state index in [0.717, 1.165) is 21.0 Å². The molecule has 0 bridgehead atoms. The third-order valence-corrected chi connectivity index (χ3v) is 3.90. The van der Waals surface area contributed by atoms with Gasteiger partial charge in [0, 0.05) is 5.56 Å². The summed E-state index contributed by atoms with van der Waals surface area (Å²) in [4.78, 5) is 17.0. The average molecular weight is 249 g/mol. The second-order valence-electron chi connectivity index (χ2n) is 3.39. The van der Waals surface area contributed by atoms with E-state index in [1.807, 2.05) is 37.4 Å². The maximum Gasteiger partial charge on any atom is 0.205 e. The molecule has 4 heteroatoms. The SMILES string of the molecule is CSc1ncsc1C(=O)c1ccc(C)cc1. The summed E-state index contributed by atoms with van der Waals surface area (Å²) in [7, 11) is 0. The first-order chi connectivity index (χ1) is 7.72. The van der Waals surface area contributed by atoms with Gasteiger partial charge >= 0.3 is 0 Å². The monoisotopic (exact) mass is 249 g/mol. The number of aryl methyl sites for hydroxylation is 1. The molecular formula is C12H11NOS2. The van der Waals surface area contributed by atoms with E-state index >= 15 is 0 Å². The fraction of sp³-hybridized carbons (Fsp3) is 0.167. The maximum atomic E-state index is 12.2. The highest BCUT2D eigenvalue weighted by Gasteiger charge is 2.15. The molecule has 2 rings (SSSR count). The van der Waals surface area contributed by atoms with E-state index in [9.17, 15) is 4.79 Å².